The molecule has 6 heteroatoms. The zero-order valence-electron chi connectivity index (χ0n) is 12.2. The molecule has 0 atom stereocenters. The summed E-state index contributed by atoms with van der Waals surface area (Å²) in [6, 6.07) is 2.97. The molecule has 0 aliphatic rings. The molecule has 0 bridgehead atoms. The molecule has 0 unspecified atom stereocenters. The zero-order valence-corrected chi connectivity index (χ0v) is 13.7. The van der Waals surface area contributed by atoms with Crippen LogP contribution in [0.4, 0.5) is 0 Å². The molecule has 0 heterocycles. The number of ketones is 1. The van der Waals surface area contributed by atoms with E-state index >= 15 is 0 Å². The minimum absolute atomic E-state index is 0.0727. The van der Waals surface area contributed by atoms with Gasteiger partial charge in [0.15, 0.2) is 5.78 Å². The summed E-state index contributed by atoms with van der Waals surface area (Å²) in [5.74, 6) is -0.759. The van der Waals surface area contributed by atoms with Crippen molar-refractivity contribution in [3.05, 3.63) is 27.7 Å². The lowest BCUT2D eigenvalue weighted by Gasteiger charge is -2.21. The Morgan fingerprint density at radius 3 is 2.33 bits per heavy atom. The standard InChI is InChI=1S/C15H18Cl2O4/c1-4-21-13-6-10(16)9(5-11(13)17)12(18)7-15(2,3)8-14(19)20/h5-6H,4,7-8H2,1-3H3,(H,19,20). The Morgan fingerprint density at radius 2 is 1.81 bits per heavy atom. The summed E-state index contributed by atoms with van der Waals surface area (Å²) < 4.78 is 5.30. The van der Waals surface area contributed by atoms with Gasteiger partial charge in [0.25, 0.3) is 0 Å². The van der Waals surface area contributed by atoms with Crippen LogP contribution in [0.1, 0.15) is 44.0 Å². The van der Waals surface area contributed by atoms with E-state index in [1.54, 1.807) is 13.8 Å². The smallest absolute Gasteiger partial charge is 0.303 e. The van der Waals surface area contributed by atoms with E-state index in [-0.39, 0.29) is 29.2 Å². The first kappa shape index (κ1) is 17.8. The van der Waals surface area contributed by atoms with Gasteiger partial charge in [0.1, 0.15) is 5.75 Å². The van der Waals surface area contributed by atoms with Crippen LogP contribution in [0.25, 0.3) is 0 Å². The van der Waals surface area contributed by atoms with Crippen molar-refractivity contribution in [1.82, 2.24) is 0 Å². The molecule has 0 aliphatic carbocycles. The van der Waals surface area contributed by atoms with Crippen molar-refractivity contribution in [1.29, 1.82) is 0 Å². The lowest BCUT2D eigenvalue weighted by molar-refractivity contribution is -0.139. The van der Waals surface area contributed by atoms with E-state index in [4.69, 9.17) is 33.0 Å². The normalized spacial score (nSPS) is 11.3. The lowest BCUT2D eigenvalue weighted by atomic mass is 9.82. The molecule has 0 radical (unpaired) electrons. The van der Waals surface area contributed by atoms with E-state index in [1.807, 2.05) is 6.92 Å². The molecule has 21 heavy (non-hydrogen) atoms. The van der Waals surface area contributed by atoms with Crippen LogP contribution in [0.15, 0.2) is 12.1 Å². The van der Waals surface area contributed by atoms with Crippen LogP contribution in [-0.4, -0.2) is 23.5 Å². The molecule has 0 saturated carbocycles. The fraction of sp³-hybridized carbons (Fsp3) is 0.467. The number of aliphatic carboxylic acids is 1. The van der Waals surface area contributed by atoms with Gasteiger partial charge < -0.3 is 9.84 Å². The number of ether oxygens (including phenoxy) is 1. The first-order valence-electron chi connectivity index (χ1n) is 6.53. The second-order valence-corrected chi connectivity index (χ2v) is 6.34. The molecular formula is C15H18Cl2O4. The van der Waals surface area contributed by atoms with Gasteiger partial charge in [0.2, 0.25) is 0 Å². The second kappa shape index (κ2) is 7.14. The van der Waals surface area contributed by atoms with Crippen LogP contribution in [-0.2, 0) is 4.79 Å². The van der Waals surface area contributed by atoms with Gasteiger partial charge >= 0.3 is 5.97 Å². The van der Waals surface area contributed by atoms with Crippen molar-refractivity contribution < 1.29 is 19.4 Å². The molecule has 1 aromatic rings. The SMILES string of the molecule is CCOc1cc(Cl)c(C(=O)CC(C)(C)CC(=O)O)cc1Cl. The minimum Gasteiger partial charge on any atom is -0.492 e. The van der Waals surface area contributed by atoms with E-state index in [9.17, 15) is 9.59 Å². The van der Waals surface area contributed by atoms with Gasteiger partial charge in [-0.15, -0.1) is 0 Å². The molecule has 0 fully saturated rings. The summed E-state index contributed by atoms with van der Waals surface area (Å²) >= 11 is 12.1. The van der Waals surface area contributed by atoms with Crippen molar-refractivity contribution >= 4 is 35.0 Å². The van der Waals surface area contributed by atoms with E-state index in [0.717, 1.165) is 0 Å². The Bertz CT molecular complexity index is 553. The fourth-order valence-corrected chi connectivity index (χ4v) is 2.49. The summed E-state index contributed by atoms with van der Waals surface area (Å²) in [5.41, 5.74) is -0.374. The zero-order chi connectivity index (χ0) is 16.2. The van der Waals surface area contributed by atoms with Crippen molar-refractivity contribution in [2.24, 2.45) is 5.41 Å². The Kier molecular flexibility index (Phi) is 6.05. The summed E-state index contributed by atoms with van der Waals surface area (Å²) in [5, 5.41) is 9.41. The third kappa shape index (κ3) is 5.21. The molecule has 0 aliphatic heterocycles. The van der Waals surface area contributed by atoms with E-state index in [2.05, 4.69) is 0 Å². The van der Waals surface area contributed by atoms with Gasteiger partial charge in [-0.3, -0.25) is 9.59 Å². The summed E-state index contributed by atoms with van der Waals surface area (Å²) in [4.78, 5) is 23.1. The molecule has 116 valence electrons. The van der Waals surface area contributed by atoms with Gasteiger partial charge in [-0.1, -0.05) is 37.0 Å². The molecule has 1 N–H and O–H groups in total. The number of carboxylic acid groups (broad SMARTS) is 1. The number of hydrogen-bond acceptors (Lipinski definition) is 3. The third-order valence-corrected chi connectivity index (χ3v) is 3.50. The van der Waals surface area contributed by atoms with Crippen LogP contribution in [0.3, 0.4) is 0 Å². The van der Waals surface area contributed by atoms with Crippen LogP contribution in [0.2, 0.25) is 10.0 Å². The molecule has 0 spiro atoms. The number of carbonyl (C=O) groups is 2. The number of Topliss-reactive ketones (excluding diaryl/α,β-unsaturated/α-hetero) is 1. The van der Waals surface area contributed by atoms with Gasteiger partial charge in [-0.05, 0) is 18.4 Å². The van der Waals surface area contributed by atoms with Crippen LogP contribution in [0, 0.1) is 5.41 Å². The highest BCUT2D eigenvalue weighted by atomic mass is 35.5. The maximum absolute atomic E-state index is 12.3. The van der Waals surface area contributed by atoms with E-state index in [1.165, 1.54) is 12.1 Å². The average molecular weight is 333 g/mol. The second-order valence-electron chi connectivity index (χ2n) is 5.53. The van der Waals surface area contributed by atoms with Gasteiger partial charge in [0.05, 0.1) is 23.1 Å². The summed E-state index contributed by atoms with van der Waals surface area (Å²) in [6.45, 7) is 5.71. The van der Waals surface area contributed by atoms with Crippen LogP contribution in [0.5, 0.6) is 5.75 Å². The Morgan fingerprint density at radius 1 is 1.19 bits per heavy atom. The Hall–Kier alpha value is -1.26. The topological polar surface area (TPSA) is 63.6 Å². The Labute approximate surface area is 134 Å². The molecule has 1 aromatic carbocycles. The number of benzene rings is 1. The van der Waals surface area contributed by atoms with Crippen LogP contribution >= 0.6 is 23.2 Å². The molecule has 1 rings (SSSR count). The molecule has 4 nitrogen and oxygen atoms in total. The molecule has 0 saturated heterocycles. The number of carbonyl (C=O) groups excluding carboxylic acids is 1. The maximum Gasteiger partial charge on any atom is 0.303 e. The molecular weight excluding hydrogens is 315 g/mol. The van der Waals surface area contributed by atoms with Crippen molar-refractivity contribution in [3.8, 4) is 5.75 Å². The van der Waals surface area contributed by atoms with E-state index < -0.39 is 11.4 Å². The highest BCUT2D eigenvalue weighted by Gasteiger charge is 2.27. The number of hydrogen-bond donors (Lipinski definition) is 1. The van der Waals surface area contributed by atoms with Crippen molar-refractivity contribution in [3.63, 3.8) is 0 Å². The van der Waals surface area contributed by atoms with Crippen molar-refractivity contribution in [2.45, 2.75) is 33.6 Å². The third-order valence-electron chi connectivity index (χ3n) is 2.89. The Balaban J connectivity index is 2.98. The highest BCUT2D eigenvalue weighted by Crippen LogP contribution is 2.34. The molecule has 0 amide bonds. The minimum atomic E-state index is -0.941. The number of rotatable bonds is 7. The summed E-state index contributed by atoms with van der Waals surface area (Å²) in [7, 11) is 0. The fourth-order valence-electron chi connectivity index (χ4n) is 2.01. The predicted molar refractivity (Wildman–Crippen MR) is 82.6 cm³/mol. The predicted octanol–water partition coefficient (Wildman–Crippen LogP) is 4.47. The van der Waals surface area contributed by atoms with Gasteiger partial charge in [-0.25, -0.2) is 0 Å². The average Bonchev–Trinajstić information content (AvgIpc) is 2.31. The largest absolute Gasteiger partial charge is 0.492 e. The number of carboxylic acids is 1. The van der Waals surface area contributed by atoms with Crippen LogP contribution < -0.4 is 4.74 Å². The maximum atomic E-state index is 12.3. The monoisotopic (exact) mass is 332 g/mol. The van der Waals surface area contributed by atoms with E-state index in [0.29, 0.717) is 17.4 Å². The van der Waals surface area contributed by atoms with Gasteiger partial charge in [0, 0.05) is 18.1 Å². The quantitative estimate of drug-likeness (QED) is 0.748. The number of halogens is 2. The lowest BCUT2D eigenvalue weighted by Crippen LogP contribution is -2.21. The molecule has 0 aromatic heterocycles. The first-order valence-corrected chi connectivity index (χ1v) is 7.28. The highest BCUT2D eigenvalue weighted by molar-refractivity contribution is 6.36. The summed E-state index contributed by atoms with van der Waals surface area (Å²) in [6.07, 6.45) is -0.0234. The first-order chi connectivity index (χ1) is 9.66. The van der Waals surface area contributed by atoms with Crippen molar-refractivity contribution in [2.75, 3.05) is 6.61 Å². The van der Waals surface area contributed by atoms with Gasteiger partial charge in [-0.2, -0.15) is 0 Å².